The summed E-state index contributed by atoms with van der Waals surface area (Å²) in [6, 6.07) is 10.6. The molecular formula is C26H36O2. The molecule has 28 heavy (non-hydrogen) atoms. The third-order valence-corrected chi connectivity index (χ3v) is 6.70. The van der Waals surface area contributed by atoms with Crippen molar-refractivity contribution >= 4 is 0 Å². The molecule has 1 fully saturated rings. The number of hydrogen-bond donors (Lipinski definition) is 2. The lowest BCUT2D eigenvalue weighted by Crippen LogP contribution is -2.41. The van der Waals surface area contributed by atoms with E-state index in [4.69, 9.17) is 0 Å². The molecule has 1 aliphatic rings. The van der Waals surface area contributed by atoms with E-state index in [1.807, 2.05) is 13.0 Å². The van der Waals surface area contributed by atoms with Crippen molar-refractivity contribution in [3.63, 3.8) is 0 Å². The van der Waals surface area contributed by atoms with Crippen molar-refractivity contribution in [1.82, 2.24) is 0 Å². The standard InChI is InChI=1S/C26H36O2/c1-7-19-12-21(9-10-23(19)27)26(15-17(3)14-25(5,6)16-26)22-11-18(4)24(28)20(8-2)13-22/h9-13,17,27-28H,7-8,14-16H2,1-6H3. The average Bonchev–Trinajstić information content (AvgIpc) is 2.62. The van der Waals surface area contributed by atoms with Crippen LogP contribution < -0.4 is 0 Å². The summed E-state index contributed by atoms with van der Waals surface area (Å²) in [7, 11) is 0. The van der Waals surface area contributed by atoms with Gasteiger partial charge in [0.1, 0.15) is 11.5 Å². The third-order valence-electron chi connectivity index (χ3n) is 6.70. The maximum atomic E-state index is 10.5. The Hall–Kier alpha value is -1.96. The van der Waals surface area contributed by atoms with Crippen molar-refractivity contribution in [2.45, 2.75) is 79.1 Å². The summed E-state index contributed by atoms with van der Waals surface area (Å²) < 4.78 is 0. The third kappa shape index (κ3) is 3.66. The summed E-state index contributed by atoms with van der Waals surface area (Å²) in [5, 5.41) is 20.8. The number of aryl methyl sites for hydroxylation is 3. The van der Waals surface area contributed by atoms with Gasteiger partial charge >= 0.3 is 0 Å². The molecule has 2 N–H and O–H groups in total. The van der Waals surface area contributed by atoms with E-state index >= 15 is 0 Å². The second kappa shape index (κ2) is 7.46. The molecule has 0 aromatic heterocycles. The van der Waals surface area contributed by atoms with Gasteiger partial charge in [-0.15, -0.1) is 0 Å². The lowest BCUT2D eigenvalue weighted by atomic mass is 9.55. The SMILES string of the molecule is CCc1cc(C2(c3cc(C)c(O)c(CC)c3)CC(C)CC(C)(C)C2)ccc1O. The Morgan fingerprint density at radius 3 is 2.18 bits per heavy atom. The second-order valence-corrected chi connectivity index (χ2v) is 9.79. The van der Waals surface area contributed by atoms with E-state index in [1.165, 1.54) is 17.5 Å². The fourth-order valence-electron chi connectivity index (χ4n) is 5.74. The molecule has 2 nitrogen and oxygen atoms in total. The van der Waals surface area contributed by atoms with Crippen molar-refractivity contribution in [2.75, 3.05) is 0 Å². The Morgan fingerprint density at radius 1 is 0.929 bits per heavy atom. The smallest absolute Gasteiger partial charge is 0.121 e. The summed E-state index contributed by atoms with van der Waals surface area (Å²) in [5.74, 6) is 1.44. The van der Waals surface area contributed by atoms with Crippen molar-refractivity contribution in [3.05, 3.63) is 58.1 Å². The number of aromatic hydroxyl groups is 2. The van der Waals surface area contributed by atoms with Gasteiger partial charge in [-0.2, -0.15) is 0 Å². The zero-order valence-electron chi connectivity index (χ0n) is 18.4. The molecule has 2 atom stereocenters. The minimum atomic E-state index is -0.0961. The molecular weight excluding hydrogens is 344 g/mol. The molecule has 0 saturated heterocycles. The molecule has 0 bridgehead atoms. The van der Waals surface area contributed by atoms with Gasteiger partial charge in [0.05, 0.1) is 0 Å². The van der Waals surface area contributed by atoms with Crippen LogP contribution in [-0.2, 0) is 18.3 Å². The first-order valence-electron chi connectivity index (χ1n) is 10.8. The highest BCUT2D eigenvalue weighted by molar-refractivity contribution is 5.51. The van der Waals surface area contributed by atoms with Crippen LogP contribution in [0.3, 0.4) is 0 Å². The molecule has 1 saturated carbocycles. The van der Waals surface area contributed by atoms with E-state index in [1.54, 1.807) is 0 Å². The number of rotatable bonds is 4. The van der Waals surface area contributed by atoms with Crippen LogP contribution in [0, 0.1) is 18.3 Å². The lowest BCUT2D eigenvalue weighted by Gasteiger charge is -2.49. The predicted molar refractivity (Wildman–Crippen MR) is 117 cm³/mol. The largest absolute Gasteiger partial charge is 0.508 e. The molecule has 2 aromatic rings. The Morgan fingerprint density at radius 2 is 1.57 bits per heavy atom. The summed E-state index contributed by atoms with van der Waals surface area (Å²) in [6.45, 7) is 13.3. The van der Waals surface area contributed by atoms with E-state index in [0.29, 0.717) is 17.4 Å². The highest BCUT2D eigenvalue weighted by atomic mass is 16.3. The first-order chi connectivity index (χ1) is 13.1. The van der Waals surface area contributed by atoms with Crippen molar-refractivity contribution in [2.24, 2.45) is 11.3 Å². The van der Waals surface area contributed by atoms with E-state index in [9.17, 15) is 10.2 Å². The maximum absolute atomic E-state index is 10.5. The zero-order chi connectivity index (χ0) is 20.7. The van der Waals surface area contributed by atoms with Crippen LogP contribution in [0.15, 0.2) is 30.3 Å². The summed E-state index contributed by atoms with van der Waals surface area (Å²) in [6.07, 6.45) is 5.05. The quantitative estimate of drug-likeness (QED) is 0.622. The molecule has 0 radical (unpaired) electrons. The number of hydrogen-bond acceptors (Lipinski definition) is 2. The average molecular weight is 381 g/mol. The molecule has 152 valence electrons. The van der Waals surface area contributed by atoms with E-state index in [2.05, 4.69) is 58.9 Å². The van der Waals surface area contributed by atoms with Crippen LogP contribution in [0.2, 0.25) is 0 Å². The van der Waals surface area contributed by atoms with Crippen LogP contribution in [0.1, 0.15) is 81.7 Å². The minimum Gasteiger partial charge on any atom is -0.508 e. The first-order valence-corrected chi connectivity index (χ1v) is 10.8. The first kappa shape index (κ1) is 20.8. The normalized spacial score (nSPS) is 24.3. The maximum Gasteiger partial charge on any atom is 0.121 e. The van der Waals surface area contributed by atoms with Crippen molar-refractivity contribution in [1.29, 1.82) is 0 Å². The fourth-order valence-corrected chi connectivity index (χ4v) is 5.74. The van der Waals surface area contributed by atoms with Gasteiger partial charge in [-0.1, -0.05) is 58.9 Å². The molecule has 0 amide bonds. The molecule has 0 aliphatic heterocycles. The van der Waals surface area contributed by atoms with Gasteiger partial charge in [-0.3, -0.25) is 0 Å². The van der Waals surface area contributed by atoms with Crippen LogP contribution >= 0.6 is 0 Å². The second-order valence-electron chi connectivity index (χ2n) is 9.79. The van der Waals surface area contributed by atoms with Gasteiger partial charge in [0.15, 0.2) is 0 Å². The highest BCUT2D eigenvalue weighted by Gasteiger charge is 2.45. The Labute approximate surface area is 170 Å². The molecule has 2 aromatic carbocycles. The van der Waals surface area contributed by atoms with Gasteiger partial charge in [0, 0.05) is 5.41 Å². The van der Waals surface area contributed by atoms with E-state index in [-0.39, 0.29) is 10.8 Å². The van der Waals surface area contributed by atoms with Crippen LogP contribution in [0.25, 0.3) is 0 Å². The predicted octanol–water partition coefficient (Wildman–Crippen LogP) is 6.66. The monoisotopic (exact) mass is 380 g/mol. The topological polar surface area (TPSA) is 40.5 Å². The van der Waals surface area contributed by atoms with E-state index < -0.39 is 0 Å². The lowest BCUT2D eigenvalue weighted by molar-refractivity contribution is 0.126. The fraction of sp³-hybridized carbons (Fsp3) is 0.538. The number of phenols is 2. The van der Waals surface area contributed by atoms with Gasteiger partial charge in [-0.05, 0) is 84.2 Å². The van der Waals surface area contributed by atoms with Crippen LogP contribution in [0.5, 0.6) is 11.5 Å². The van der Waals surface area contributed by atoms with Gasteiger partial charge in [-0.25, -0.2) is 0 Å². The van der Waals surface area contributed by atoms with Gasteiger partial charge < -0.3 is 10.2 Å². The zero-order valence-corrected chi connectivity index (χ0v) is 18.4. The molecule has 0 heterocycles. The minimum absolute atomic E-state index is 0.0961. The molecule has 2 unspecified atom stereocenters. The van der Waals surface area contributed by atoms with Gasteiger partial charge in [0.25, 0.3) is 0 Å². The van der Waals surface area contributed by atoms with Gasteiger partial charge in [0.2, 0.25) is 0 Å². The van der Waals surface area contributed by atoms with Crippen LogP contribution in [0.4, 0.5) is 0 Å². The van der Waals surface area contributed by atoms with Crippen molar-refractivity contribution in [3.8, 4) is 11.5 Å². The van der Waals surface area contributed by atoms with Crippen LogP contribution in [-0.4, -0.2) is 10.2 Å². The highest BCUT2D eigenvalue weighted by Crippen LogP contribution is 2.54. The summed E-state index contributed by atoms with van der Waals surface area (Å²) in [5.41, 5.74) is 5.75. The molecule has 2 heteroatoms. The summed E-state index contributed by atoms with van der Waals surface area (Å²) in [4.78, 5) is 0. The summed E-state index contributed by atoms with van der Waals surface area (Å²) >= 11 is 0. The van der Waals surface area contributed by atoms with E-state index in [0.717, 1.165) is 42.4 Å². The number of benzene rings is 2. The molecule has 0 spiro atoms. The number of phenolic OH excluding ortho intramolecular Hbond substituents is 2. The molecule has 1 aliphatic carbocycles. The Balaban J connectivity index is 2.29. The Kier molecular flexibility index (Phi) is 5.53. The Bertz CT molecular complexity index is 865. The molecule has 3 rings (SSSR count). The van der Waals surface area contributed by atoms with Crippen molar-refractivity contribution < 1.29 is 10.2 Å².